The molecule has 122 valence electrons. The van der Waals surface area contributed by atoms with Crippen LogP contribution >= 0.6 is 0 Å². The molecule has 0 N–H and O–H groups in total. The minimum atomic E-state index is -4.26. The molecule has 2 aromatic heterocycles. The van der Waals surface area contributed by atoms with Crippen molar-refractivity contribution in [2.24, 2.45) is 5.92 Å². The van der Waals surface area contributed by atoms with Gasteiger partial charge in [-0.2, -0.15) is 18.3 Å². The first kappa shape index (κ1) is 15.5. The minimum absolute atomic E-state index is 0.0732. The molecule has 1 saturated heterocycles. The number of amides is 1. The second-order valence-electron chi connectivity index (χ2n) is 5.49. The van der Waals surface area contributed by atoms with E-state index in [4.69, 9.17) is 0 Å². The predicted molar refractivity (Wildman–Crippen MR) is 76.0 cm³/mol. The summed E-state index contributed by atoms with van der Waals surface area (Å²) in [7, 11) is 0. The lowest BCUT2D eigenvalue weighted by atomic mass is 9.97. The van der Waals surface area contributed by atoms with Crippen LogP contribution in [0.5, 0.6) is 0 Å². The number of alkyl halides is 3. The zero-order valence-corrected chi connectivity index (χ0v) is 12.2. The van der Waals surface area contributed by atoms with E-state index < -0.39 is 18.0 Å². The van der Waals surface area contributed by atoms with Crippen molar-refractivity contribution in [2.75, 3.05) is 13.1 Å². The molecule has 23 heavy (non-hydrogen) atoms. The molecule has 0 radical (unpaired) electrons. The molecule has 0 aliphatic carbocycles. The lowest BCUT2D eigenvalue weighted by Gasteiger charge is -2.33. The smallest absolute Gasteiger partial charge is 0.338 e. The number of carbonyl (C=O) groups is 1. The Labute approximate surface area is 130 Å². The third kappa shape index (κ3) is 3.35. The molecule has 2 aromatic rings. The molecular formula is C15H15F3N4O. The van der Waals surface area contributed by atoms with Crippen LogP contribution in [0.25, 0.3) is 5.82 Å². The van der Waals surface area contributed by atoms with Crippen LogP contribution in [-0.4, -0.2) is 44.8 Å². The predicted octanol–water partition coefficient (Wildman–Crippen LogP) is 2.68. The average Bonchev–Trinajstić information content (AvgIpc) is 3.08. The van der Waals surface area contributed by atoms with Crippen molar-refractivity contribution < 1.29 is 18.0 Å². The van der Waals surface area contributed by atoms with Crippen LogP contribution in [0.1, 0.15) is 23.2 Å². The number of halogens is 3. The van der Waals surface area contributed by atoms with Gasteiger partial charge in [0, 0.05) is 31.7 Å². The minimum Gasteiger partial charge on any atom is -0.338 e. The summed E-state index contributed by atoms with van der Waals surface area (Å²) >= 11 is 0. The lowest BCUT2D eigenvalue weighted by Crippen LogP contribution is -2.44. The summed E-state index contributed by atoms with van der Waals surface area (Å²) in [4.78, 5) is 17.8. The van der Waals surface area contributed by atoms with Crippen LogP contribution in [0.2, 0.25) is 0 Å². The molecule has 1 aliphatic rings. The van der Waals surface area contributed by atoms with Gasteiger partial charge in [-0.05, 0) is 31.0 Å². The maximum Gasteiger partial charge on any atom is 0.393 e. The van der Waals surface area contributed by atoms with E-state index in [1.165, 1.54) is 15.8 Å². The summed E-state index contributed by atoms with van der Waals surface area (Å²) in [6, 6.07) is 4.92. The van der Waals surface area contributed by atoms with Gasteiger partial charge >= 0.3 is 6.18 Å². The Hall–Kier alpha value is -2.38. The fourth-order valence-corrected chi connectivity index (χ4v) is 2.66. The van der Waals surface area contributed by atoms with E-state index in [0.29, 0.717) is 18.8 Å². The maximum absolute atomic E-state index is 12.8. The van der Waals surface area contributed by atoms with Gasteiger partial charge in [0.25, 0.3) is 5.91 Å². The van der Waals surface area contributed by atoms with E-state index in [2.05, 4.69) is 10.1 Å². The summed E-state index contributed by atoms with van der Waals surface area (Å²) in [5, 5.41) is 4.02. The van der Waals surface area contributed by atoms with Crippen molar-refractivity contribution in [1.82, 2.24) is 19.7 Å². The van der Waals surface area contributed by atoms with Crippen LogP contribution in [0.4, 0.5) is 13.2 Å². The number of hydrogen-bond acceptors (Lipinski definition) is 3. The molecule has 0 aromatic carbocycles. The van der Waals surface area contributed by atoms with Gasteiger partial charge < -0.3 is 4.90 Å². The SMILES string of the molecule is O=C(c1ccc(-n2cccn2)nc1)N1CCC[C@H](C(F)(F)F)C1. The van der Waals surface area contributed by atoms with Crippen LogP contribution in [0, 0.1) is 5.92 Å². The van der Waals surface area contributed by atoms with Gasteiger partial charge in [0.1, 0.15) is 0 Å². The van der Waals surface area contributed by atoms with E-state index in [1.54, 1.807) is 30.6 Å². The third-order valence-corrected chi connectivity index (χ3v) is 3.91. The first-order valence-corrected chi connectivity index (χ1v) is 7.27. The fourth-order valence-electron chi connectivity index (χ4n) is 2.66. The monoisotopic (exact) mass is 324 g/mol. The highest BCUT2D eigenvalue weighted by Gasteiger charge is 2.42. The van der Waals surface area contributed by atoms with Crippen molar-refractivity contribution in [1.29, 1.82) is 0 Å². The van der Waals surface area contributed by atoms with Crippen LogP contribution in [0.15, 0.2) is 36.8 Å². The van der Waals surface area contributed by atoms with E-state index in [0.717, 1.165) is 0 Å². The quantitative estimate of drug-likeness (QED) is 0.853. The highest BCUT2D eigenvalue weighted by atomic mass is 19.4. The topological polar surface area (TPSA) is 51.0 Å². The zero-order chi connectivity index (χ0) is 16.4. The van der Waals surface area contributed by atoms with Gasteiger partial charge in [0.2, 0.25) is 0 Å². The van der Waals surface area contributed by atoms with Crippen molar-refractivity contribution in [3.8, 4) is 5.82 Å². The second kappa shape index (κ2) is 6.02. The van der Waals surface area contributed by atoms with Gasteiger partial charge in [0.15, 0.2) is 5.82 Å². The Morgan fingerprint density at radius 3 is 2.74 bits per heavy atom. The van der Waals surface area contributed by atoms with E-state index in [1.807, 2.05) is 0 Å². The normalized spacial score (nSPS) is 18.9. The molecule has 0 spiro atoms. The Bertz CT molecular complexity index is 667. The molecule has 1 aliphatic heterocycles. The van der Waals surface area contributed by atoms with Gasteiger partial charge in [-0.1, -0.05) is 0 Å². The number of carbonyl (C=O) groups excluding carboxylic acids is 1. The molecule has 0 saturated carbocycles. The molecule has 0 bridgehead atoms. The average molecular weight is 324 g/mol. The molecule has 3 heterocycles. The molecule has 1 amide bonds. The third-order valence-electron chi connectivity index (χ3n) is 3.91. The molecule has 5 nitrogen and oxygen atoms in total. The van der Waals surface area contributed by atoms with Gasteiger partial charge in [0.05, 0.1) is 11.5 Å². The Morgan fingerprint density at radius 2 is 2.13 bits per heavy atom. The number of pyridine rings is 1. The molecule has 1 atom stereocenters. The van der Waals surface area contributed by atoms with E-state index >= 15 is 0 Å². The van der Waals surface area contributed by atoms with Crippen molar-refractivity contribution >= 4 is 5.91 Å². The van der Waals surface area contributed by atoms with E-state index in [-0.39, 0.29) is 18.5 Å². The standard InChI is InChI=1S/C15H15F3N4O/c16-15(17,18)12-3-1-7-21(10-12)14(23)11-4-5-13(19-9-11)22-8-2-6-20-22/h2,4-6,8-9,12H,1,3,7,10H2/t12-/m0/s1. The Balaban J connectivity index is 1.72. The molecule has 0 unspecified atom stereocenters. The van der Waals surface area contributed by atoms with Crippen LogP contribution in [-0.2, 0) is 0 Å². The summed E-state index contributed by atoms with van der Waals surface area (Å²) < 4.78 is 40.0. The van der Waals surface area contributed by atoms with Crippen molar-refractivity contribution in [3.63, 3.8) is 0 Å². The number of aromatic nitrogens is 3. The summed E-state index contributed by atoms with van der Waals surface area (Å²) in [6.07, 6.45) is 0.852. The first-order valence-electron chi connectivity index (χ1n) is 7.27. The Kier molecular flexibility index (Phi) is 4.06. The number of rotatable bonds is 2. The maximum atomic E-state index is 12.8. The molecule has 1 fully saturated rings. The number of likely N-dealkylation sites (tertiary alicyclic amines) is 1. The largest absolute Gasteiger partial charge is 0.393 e. The molecule has 8 heteroatoms. The van der Waals surface area contributed by atoms with Gasteiger partial charge in [-0.3, -0.25) is 4.79 Å². The number of piperidine rings is 1. The van der Waals surface area contributed by atoms with Crippen LogP contribution in [0.3, 0.4) is 0 Å². The van der Waals surface area contributed by atoms with Gasteiger partial charge in [-0.25, -0.2) is 9.67 Å². The van der Waals surface area contributed by atoms with Crippen molar-refractivity contribution in [3.05, 3.63) is 42.4 Å². The highest BCUT2D eigenvalue weighted by molar-refractivity contribution is 5.94. The van der Waals surface area contributed by atoms with Crippen LogP contribution < -0.4 is 0 Å². The Morgan fingerprint density at radius 1 is 1.30 bits per heavy atom. The van der Waals surface area contributed by atoms with Crippen molar-refractivity contribution in [2.45, 2.75) is 19.0 Å². The highest BCUT2D eigenvalue weighted by Crippen LogP contribution is 2.33. The van der Waals surface area contributed by atoms with Gasteiger partial charge in [-0.15, -0.1) is 0 Å². The fraction of sp³-hybridized carbons (Fsp3) is 0.400. The van der Waals surface area contributed by atoms with E-state index in [9.17, 15) is 18.0 Å². The zero-order valence-electron chi connectivity index (χ0n) is 12.2. The second-order valence-corrected chi connectivity index (χ2v) is 5.49. The number of nitrogens with zero attached hydrogens (tertiary/aromatic N) is 4. The summed E-state index contributed by atoms with van der Waals surface area (Å²) in [5.74, 6) is -1.33. The molecule has 3 rings (SSSR count). The summed E-state index contributed by atoms with van der Waals surface area (Å²) in [6.45, 7) is 0.0512. The number of hydrogen-bond donors (Lipinski definition) is 0. The lowest BCUT2D eigenvalue weighted by molar-refractivity contribution is -0.184. The first-order chi connectivity index (χ1) is 10.9. The summed E-state index contributed by atoms with van der Waals surface area (Å²) in [5.41, 5.74) is 0.281. The molecular weight excluding hydrogens is 309 g/mol.